The van der Waals surface area contributed by atoms with Gasteiger partial charge in [-0.1, -0.05) is 29.8 Å². The van der Waals surface area contributed by atoms with Crippen LogP contribution in [-0.4, -0.2) is 28.2 Å². The van der Waals surface area contributed by atoms with Crippen LogP contribution >= 0.6 is 0 Å². The van der Waals surface area contributed by atoms with E-state index in [1.165, 1.54) is 5.57 Å². The van der Waals surface area contributed by atoms with Crippen LogP contribution in [0.2, 0.25) is 0 Å². The summed E-state index contributed by atoms with van der Waals surface area (Å²) in [6.07, 6.45) is 6.28. The molecule has 3 aromatic rings. The summed E-state index contributed by atoms with van der Waals surface area (Å²) in [6.45, 7) is 7.19. The summed E-state index contributed by atoms with van der Waals surface area (Å²) in [5.74, 6) is -0.597. The molecular formula is C27H30N2O4. The van der Waals surface area contributed by atoms with Crippen LogP contribution in [0.5, 0.6) is 5.75 Å². The number of benzene rings is 2. The molecule has 0 atom stereocenters. The van der Waals surface area contributed by atoms with Crippen LogP contribution in [0.15, 0.2) is 72.5 Å². The van der Waals surface area contributed by atoms with Crippen molar-refractivity contribution >= 4 is 34.0 Å². The van der Waals surface area contributed by atoms with Gasteiger partial charge in [-0.05, 0) is 68.7 Å². The van der Waals surface area contributed by atoms with E-state index in [1.54, 1.807) is 18.2 Å². The zero-order chi connectivity index (χ0) is 23.8. The average molecular weight is 447 g/mol. The number of carbonyl (C=O) groups is 2. The lowest BCUT2D eigenvalue weighted by molar-refractivity contribution is -0.137. The molecule has 2 aromatic carbocycles. The number of anilines is 1. The van der Waals surface area contributed by atoms with Crippen molar-refractivity contribution in [3.05, 3.63) is 78.0 Å². The van der Waals surface area contributed by atoms with E-state index in [-0.39, 0.29) is 18.9 Å². The Morgan fingerprint density at radius 2 is 1.88 bits per heavy atom. The van der Waals surface area contributed by atoms with E-state index in [2.05, 4.69) is 54.2 Å². The number of fused-ring (bicyclic) bond motifs is 1. The quantitative estimate of drug-likeness (QED) is 0.231. The number of amides is 1. The first kappa shape index (κ1) is 23.9. The number of ether oxygens (including phenoxy) is 1. The van der Waals surface area contributed by atoms with Gasteiger partial charge in [-0.15, -0.1) is 0 Å². The number of para-hydroxylation sites is 2. The second-order valence-corrected chi connectivity index (χ2v) is 8.18. The Morgan fingerprint density at radius 1 is 1.09 bits per heavy atom. The predicted octanol–water partition coefficient (Wildman–Crippen LogP) is 5.89. The summed E-state index contributed by atoms with van der Waals surface area (Å²) in [5.41, 5.74) is 4.82. The number of hydrogen-bond donors (Lipinski definition) is 2. The Hall–Kier alpha value is -3.80. The van der Waals surface area contributed by atoms with Crippen molar-refractivity contribution in [1.82, 2.24) is 4.57 Å². The number of rotatable bonds is 10. The molecule has 6 nitrogen and oxygen atoms in total. The molecule has 172 valence electrons. The first-order valence-corrected chi connectivity index (χ1v) is 11.0. The zero-order valence-corrected chi connectivity index (χ0v) is 19.3. The van der Waals surface area contributed by atoms with Crippen LogP contribution in [0.1, 0.15) is 39.2 Å². The maximum absolute atomic E-state index is 12.7. The van der Waals surface area contributed by atoms with Crippen molar-refractivity contribution in [2.45, 2.75) is 40.2 Å². The Bertz CT molecular complexity index is 1200. The lowest BCUT2D eigenvalue weighted by atomic mass is 10.0. The van der Waals surface area contributed by atoms with Crippen molar-refractivity contribution in [1.29, 1.82) is 0 Å². The number of nitrogens with one attached hydrogen (secondary N) is 1. The number of hydrogen-bond acceptors (Lipinski definition) is 3. The highest BCUT2D eigenvalue weighted by Crippen LogP contribution is 2.25. The minimum Gasteiger partial charge on any atom is -0.491 e. The smallest absolute Gasteiger partial charge is 0.303 e. The van der Waals surface area contributed by atoms with E-state index in [0.717, 1.165) is 28.6 Å². The summed E-state index contributed by atoms with van der Waals surface area (Å²) < 4.78 is 7.86. The largest absolute Gasteiger partial charge is 0.491 e. The Labute approximate surface area is 194 Å². The molecule has 1 amide bonds. The predicted molar refractivity (Wildman–Crippen MR) is 132 cm³/mol. The molecule has 0 radical (unpaired) electrons. The SMILES string of the molecule is CC(C)=CCn1ccc2cc(/C(C)=C/C(=O)Nc3ccccc3OCCCC(=O)O)ccc21. The topological polar surface area (TPSA) is 80.6 Å². The van der Waals surface area contributed by atoms with Crippen molar-refractivity contribution in [3.63, 3.8) is 0 Å². The maximum Gasteiger partial charge on any atom is 0.303 e. The number of allylic oxidation sites excluding steroid dienone is 3. The third-order valence-corrected chi connectivity index (χ3v) is 5.21. The molecule has 3 rings (SSSR count). The summed E-state index contributed by atoms with van der Waals surface area (Å²) >= 11 is 0. The number of aliphatic carboxylic acids is 1. The Balaban J connectivity index is 1.69. The second kappa shape index (κ2) is 11.2. The Kier molecular flexibility index (Phi) is 8.08. The molecule has 33 heavy (non-hydrogen) atoms. The van der Waals surface area contributed by atoms with E-state index in [9.17, 15) is 9.59 Å². The monoisotopic (exact) mass is 446 g/mol. The minimum absolute atomic E-state index is 0.0408. The third kappa shape index (κ3) is 6.84. The van der Waals surface area contributed by atoms with Gasteiger partial charge in [0.05, 0.1) is 12.3 Å². The van der Waals surface area contributed by atoms with E-state index in [0.29, 0.717) is 17.9 Å². The number of nitrogens with zero attached hydrogens (tertiary/aromatic N) is 1. The first-order chi connectivity index (χ1) is 15.8. The van der Waals surface area contributed by atoms with Gasteiger partial charge in [0.2, 0.25) is 5.91 Å². The van der Waals surface area contributed by atoms with Crippen LogP contribution in [0, 0.1) is 0 Å². The van der Waals surface area contributed by atoms with E-state index >= 15 is 0 Å². The molecule has 0 saturated heterocycles. The molecule has 0 unspecified atom stereocenters. The summed E-state index contributed by atoms with van der Waals surface area (Å²) in [7, 11) is 0. The van der Waals surface area contributed by atoms with Crippen molar-refractivity contribution in [2.24, 2.45) is 0 Å². The maximum atomic E-state index is 12.7. The molecule has 0 saturated carbocycles. The van der Waals surface area contributed by atoms with Gasteiger partial charge in [-0.3, -0.25) is 9.59 Å². The number of aromatic nitrogens is 1. The van der Waals surface area contributed by atoms with Crippen LogP contribution < -0.4 is 10.1 Å². The highest BCUT2D eigenvalue weighted by atomic mass is 16.5. The van der Waals surface area contributed by atoms with Gasteiger partial charge in [-0.25, -0.2) is 0 Å². The molecule has 6 heteroatoms. The zero-order valence-electron chi connectivity index (χ0n) is 19.3. The van der Waals surface area contributed by atoms with Gasteiger partial charge in [0.25, 0.3) is 0 Å². The van der Waals surface area contributed by atoms with E-state index in [4.69, 9.17) is 9.84 Å². The molecule has 0 fully saturated rings. The highest BCUT2D eigenvalue weighted by molar-refractivity contribution is 6.04. The second-order valence-electron chi connectivity index (χ2n) is 8.18. The summed E-state index contributed by atoms with van der Waals surface area (Å²) in [5, 5.41) is 12.7. The third-order valence-electron chi connectivity index (χ3n) is 5.21. The van der Waals surface area contributed by atoms with Gasteiger partial charge >= 0.3 is 5.97 Å². The molecule has 0 aliphatic heterocycles. The first-order valence-electron chi connectivity index (χ1n) is 11.0. The van der Waals surface area contributed by atoms with Crippen LogP contribution in [0.25, 0.3) is 16.5 Å². The van der Waals surface area contributed by atoms with Crippen LogP contribution in [-0.2, 0) is 16.1 Å². The fraction of sp³-hybridized carbons (Fsp3) is 0.259. The summed E-state index contributed by atoms with van der Waals surface area (Å²) in [4.78, 5) is 23.3. The van der Waals surface area contributed by atoms with Gasteiger partial charge in [0.1, 0.15) is 5.75 Å². The van der Waals surface area contributed by atoms with Crippen molar-refractivity contribution < 1.29 is 19.4 Å². The molecule has 0 bridgehead atoms. The van der Waals surface area contributed by atoms with Crippen LogP contribution in [0.3, 0.4) is 0 Å². The van der Waals surface area contributed by atoms with Gasteiger partial charge in [-0.2, -0.15) is 0 Å². The molecule has 1 heterocycles. The van der Waals surface area contributed by atoms with Gasteiger partial charge < -0.3 is 19.7 Å². The molecule has 1 aromatic heterocycles. The van der Waals surface area contributed by atoms with Gasteiger partial charge in [0.15, 0.2) is 0 Å². The molecule has 0 spiro atoms. The van der Waals surface area contributed by atoms with Crippen LogP contribution in [0.4, 0.5) is 5.69 Å². The molecular weight excluding hydrogens is 416 g/mol. The molecule has 0 aliphatic rings. The number of carboxylic acid groups (broad SMARTS) is 1. The van der Waals surface area contributed by atoms with Crippen molar-refractivity contribution in [3.8, 4) is 5.75 Å². The highest BCUT2D eigenvalue weighted by Gasteiger charge is 2.08. The fourth-order valence-corrected chi connectivity index (χ4v) is 3.44. The van der Waals surface area contributed by atoms with E-state index < -0.39 is 5.97 Å². The van der Waals surface area contributed by atoms with Crippen molar-refractivity contribution in [2.75, 3.05) is 11.9 Å². The average Bonchev–Trinajstić information content (AvgIpc) is 3.18. The standard InChI is InChI=1S/C27H30N2O4/c1-19(2)12-14-29-15-13-22-18-21(10-11-24(22)29)20(3)17-26(30)28-23-7-4-5-8-25(23)33-16-6-9-27(31)32/h4-5,7-8,10-13,15,17-18H,6,9,14,16H2,1-3H3,(H,28,30)(H,31,32)/b20-17+. The minimum atomic E-state index is -0.858. The Morgan fingerprint density at radius 3 is 2.64 bits per heavy atom. The van der Waals surface area contributed by atoms with E-state index in [1.807, 2.05) is 25.1 Å². The molecule has 2 N–H and O–H groups in total. The fourth-order valence-electron chi connectivity index (χ4n) is 3.44. The lowest BCUT2D eigenvalue weighted by Crippen LogP contribution is -2.11. The van der Waals surface area contributed by atoms with Gasteiger partial charge in [0, 0.05) is 36.1 Å². The normalized spacial score (nSPS) is 11.3. The summed E-state index contributed by atoms with van der Waals surface area (Å²) in [6, 6.07) is 15.4. The number of carboxylic acids is 1. The lowest BCUT2D eigenvalue weighted by Gasteiger charge is -2.11. The molecule has 0 aliphatic carbocycles. The number of carbonyl (C=O) groups excluding carboxylic acids is 1.